The molecular weight excluding hydrogens is 222 g/mol. The van der Waals surface area contributed by atoms with Crippen LogP contribution >= 0.6 is 0 Å². The molecule has 3 nitrogen and oxygen atoms in total. The van der Waals surface area contributed by atoms with E-state index >= 15 is 0 Å². The molecule has 0 fully saturated rings. The van der Waals surface area contributed by atoms with E-state index in [4.69, 9.17) is 5.73 Å². The highest BCUT2D eigenvalue weighted by atomic mass is 15.2. The van der Waals surface area contributed by atoms with Gasteiger partial charge in [0.25, 0.3) is 0 Å². The molecule has 2 rings (SSSR count). The second-order valence-electron chi connectivity index (χ2n) is 4.99. The Labute approximate surface area is 109 Å². The van der Waals surface area contributed by atoms with Gasteiger partial charge in [0, 0.05) is 18.8 Å². The molecular formula is C15H21N3. The molecule has 0 aliphatic carbocycles. The molecule has 96 valence electrons. The van der Waals surface area contributed by atoms with Crippen LogP contribution in [0, 0.1) is 0 Å². The molecule has 0 aliphatic heterocycles. The predicted octanol–water partition coefficient (Wildman–Crippen LogP) is 2.71. The second kappa shape index (κ2) is 5.36. The Balaban J connectivity index is 2.35. The van der Waals surface area contributed by atoms with Gasteiger partial charge in [-0.25, -0.2) is 0 Å². The number of nitrogens with two attached hydrogens (primary N) is 1. The van der Waals surface area contributed by atoms with E-state index in [0.29, 0.717) is 12.5 Å². The number of benzene rings is 1. The minimum Gasteiger partial charge on any atom is -0.330 e. The van der Waals surface area contributed by atoms with E-state index in [2.05, 4.69) is 49.4 Å². The van der Waals surface area contributed by atoms with E-state index in [1.54, 1.807) is 0 Å². The van der Waals surface area contributed by atoms with Crippen molar-refractivity contribution in [2.45, 2.75) is 26.2 Å². The number of aromatic nitrogens is 2. The largest absolute Gasteiger partial charge is 0.330 e. The Hall–Kier alpha value is -1.61. The Morgan fingerprint density at radius 3 is 2.44 bits per heavy atom. The first-order valence-electron chi connectivity index (χ1n) is 6.44. The monoisotopic (exact) mass is 243 g/mol. The molecule has 0 atom stereocenters. The molecule has 1 aromatic heterocycles. The first-order valence-corrected chi connectivity index (χ1v) is 6.44. The van der Waals surface area contributed by atoms with Crippen molar-refractivity contribution in [1.82, 2.24) is 9.78 Å². The zero-order valence-electron chi connectivity index (χ0n) is 11.4. The second-order valence-corrected chi connectivity index (χ2v) is 4.99. The third-order valence-corrected chi connectivity index (χ3v) is 3.17. The fourth-order valence-corrected chi connectivity index (χ4v) is 2.14. The number of aryl methyl sites for hydroxylation is 1. The number of nitrogens with zero attached hydrogens (tertiary/aromatic N) is 2. The van der Waals surface area contributed by atoms with Gasteiger partial charge in [0.2, 0.25) is 0 Å². The van der Waals surface area contributed by atoms with E-state index in [1.807, 2.05) is 11.7 Å². The van der Waals surface area contributed by atoms with Crippen molar-refractivity contribution in [3.05, 3.63) is 41.6 Å². The molecule has 0 saturated carbocycles. The summed E-state index contributed by atoms with van der Waals surface area (Å²) < 4.78 is 1.86. The Morgan fingerprint density at radius 1 is 1.22 bits per heavy atom. The molecule has 0 radical (unpaired) electrons. The minimum atomic E-state index is 0.561. The van der Waals surface area contributed by atoms with Crippen molar-refractivity contribution in [3.8, 4) is 11.3 Å². The average Bonchev–Trinajstić information content (AvgIpc) is 2.71. The van der Waals surface area contributed by atoms with Crippen LogP contribution in [0.5, 0.6) is 0 Å². The van der Waals surface area contributed by atoms with Crippen molar-refractivity contribution in [1.29, 1.82) is 0 Å². The molecule has 0 spiro atoms. The fraction of sp³-hybridized carbons (Fsp3) is 0.400. The topological polar surface area (TPSA) is 43.8 Å². The molecule has 1 aromatic carbocycles. The maximum Gasteiger partial charge on any atom is 0.0955 e. The number of rotatable bonds is 4. The predicted molar refractivity (Wildman–Crippen MR) is 75.5 cm³/mol. The SMILES string of the molecule is CC(C)c1ccc(-c2nn(C)cc2CCN)cc1. The van der Waals surface area contributed by atoms with E-state index in [1.165, 1.54) is 16.7 Å². The van der Waals surface area contributed by atoms with Gasteiger partial charge in [0.1, 0.15) is 0 Å². The molecule has 3 heteroatoms. The van der Waals surface area contributed by atoms with Crippen molar-refractivity contribution in [3.63, 3.8) is 0 Å². The normalized spacial score (nSPS) is 11.2. The Bertz CT molecular complexity index is 509. The molecule has 0 saturated heterocycles. The summed E-state index contributed by atoms with van der Waals surface area (Å²) in [4.78, 5) is 0. The van der Waals surface area contributed by atoms with E-state index in [0.717, 1.165) is 12.1 Å². The summed E-state index contributed by atoms with van der Waals surface area (Å²) in [5, 5.41) is 4.54. The lowest BCUT2D eigenvalue weighted by molar-refractivity contribution is 0.769. The van der Waals surface area contributed by atoms with Crippen LogP contribution in [0.3, 0.4) is 0 Å². The molecule has 0 amide bonds. The third kappa shape index (κ3) is 2.62. The van der Waals surface area contributed by atoms with Gasteiger partial charge in [-0.05, 0) is 30.0 Å². The quantitative estimate of drug-likeness (QED) is 0.897. The maximum absolute atomic E-state index is 5.64. The minimum absolute atomic E-state index is 0.561. The van der Waals surface area contributed by atoms with Crippen molar-refractivity contribution in [2.75, 3.05) is 6.54 Å². The van der Waals surface area contributed by atoms with Crippen LogP contribution in [0.1, 0.15) is 30.9 Å². The summed E-state index contributed by atoms with van der Waals surface area (Å²) in [6.07, 6.45) is 2.92. The molecule has 0 aliphatic rings. The van der Waals surface area contributed by atoms with E-state index in [-0.39, 0.29) is 0 Å². The van der Waals surface area contributed by atoms with Crippen LogP contribution in [0.2, 0.25) is 0 Å². The summed E-state index contributed by atoms with van der Waals surface area (Å²) in [6.45, 7) is 5.06. The van der Waals surface area contributed by atoms with Gasteiger partial charge in [-0.1, -0.05) is 38.1 Å². The van der Waals surface area contributed by atoms with Gasteiger partial charge in [-0.2, -0.15) is 5.10 Å². The van der Waals surface area contributed by atoms with Crippen LogP contribution in [0.15, 0.2) is 30.5 Å². The van der Waals surface area contributed by atoms with E-state index < -0.39 is 0 Å². The zero-order chi connectivity index (χ0) is 13.1. The van der Waals surface area contributed by atoms with E-state index in [9.17, 15) is 0 Å². The smallest absolute Gasteiger partial charge is 0.0955 e. The molecule has 2 N–H and O–H groups in total. The lowest BCUT2D eigenvalue weighted by atomic mass is 9.99. The summed E-state index contributed by atoms with van der Waals surface area (Å²) in [7, 11) is 1.95. The molecule has 0 bridgehead atoms. The fourth-order valence-electron chi connectivity index (χ4n) is 2.14. The molecule has 2 aromatic rings. The van der Waals surface area contributed by atoms with Gasteiger partial charge in [-0.15, -0.1) is 0 Å². The summed E-state index contributed by atoms with van der Waals surface area (Å²) in [5.74, 6) is 0.561. The standard InChI is InChI=1S/C15H21N3/c1-11(2)12-4-6-13(7-5-12)15-14(8-9-16)10-18(3)17-15/h4-7,10-11H,8-9,16H2,1-3H3. The number of hydrogen-bond acceptors (Lipinski definition) is 2. The van der Waals surface area contributed by atoms with Gasteiger partial charge >= 0.3 is 0 Å². The van der Waals surface area contributed by atoms with Crippen LogP contribution in [-0.4, -0.2) is 16.3 Å². The zero-order valence-corrected chi connectivity index (χ0v) is 11.4. The number of hydrogen-bond donors (Lipinski definition) is 1. The highest BCUT2D eigenvalue weighted by Crippen LogP contribution is 2.24. The Morgan fingerprint density at radius 2 is 1.89 bits per heavy atom. The Kier molecular flexibility index (Phi) is 3.82. The summed E-state index contributed by atoms with van der Waals surface area (Å²) in [5.41, 5.74) is 10.4. The first-order chi connectivity index (χ1) is 8.61. The lowest BCUT2D eigenvalue weighted by Gasteiger charge is -2.06. The summed E-state index contributed by atoms with van der Waals surface area (Å²) >= 11 is 0. The lowest BCUT2D eigenvalue weighted by Crippen LogP contribution is -2.02. The summed E-state index contributed by atoms with van der Waals surface area (Å²) in [6, 6.07) is 8.66. The highest BCUT2D eigenvalue weighted by Gasteiger charge is 2.09. The van der Waals surface area contributed by atoms with Crippen molar-refractivity contribution in [2.24, 2.45) is 12.8 Å². The van der Waals surface area contributed by atoms with Crippen LogP contribution in [-0.2, 0) is 13.5 Å². The van der Waals surface area contributed by atoms with Crippen molar-refractivity contribution >= 4 is 0 Å². The third-order valence-electron chi connectivity index (χ3n) is 3.17. The van der Waals surface area contributed by atoms with Gasteiger partial charge < -0.3 is 5.73 Å². The van der Waals surface area contributed by atoms with Crippen LogP contribution in [0.25, 0.3) is 11.3 Å². The molecule has 0 unspecified atom stereocenters. The van der Waals surface area contributed by atoms with Gasteiger partial charge in [-0.3, -0.25) is 4.68 Å². The molecule has 18 heavy (non-hydrogen) atoms. The average molecular weight is 243 g/mol. The van der Waals surface area contributed by atoms with Crippen LogP contribution in [0.4, 0.5) is 0 Å². The molecule has 1 heterocycles. The van der Waals surface area contributed by atoms with Gasteiger partial charge in [0.15, 0.2) is 0 Å². The van der Waals surface area contributed by atoms with Gasteiger partial charge in [0.05, 0.1) is 5.69 Å². The maximum atomic E-state index is 5.64. The first kappa shape index (κ1) is 12.8. The highest BCUT2D eigenvalue weighted by molar-refractivity contribution is 5.63. The van der Waals surface area contributed by atoms with Crippen molar-refractivity contribution < 1.29 is 0 Å². The van der Waals surface area contributed by atoms with Crippen LogP contribution < -0.4 is 5.73 Å².